The van der Waals surface area contributed by atoms with Crippen LogP contribution in [0, 0.1) is 0 Å². The van der Waals surface area contributed by atoms with Gasteiger partial charge in [-0.1, -0.05) is 122 Å². The molecular weight excluding hydrogens is 597 g/mol. The monoisotopic (exact) mass is 634 g/mol. The van der Waals surface area contributed by atoms with Crippen molar-refractivity contribution >= 4 is 52.6 Å². The van der Waals surface area contributed by atoms with E-state index in [4.69, 9.17) is 0 Å². The van der Waals surface area contributed by atoms with E-state index in [2.05, 4.69) is 205 Å². The van der Waals surface area contributed by atoms with E-state index in [1.807, 2.05) is 0 Å². The number of anilines is 6. The van der Waals surface area contributed by atoms with Crippen molar-refractivity contribution in [2.45, 2.75) is 19.5 Å². The number of nitrogens with zero attached hydrogens (tertiary/aromatic N) is 2. The highest BCUT2D eigenvalue weighted by molar-refractivity contribution is 7.03. The Bertz CT molecular complexity index is 2120. The highest BCUT2D eigenvalue weighted by atomic mass is 28.3. The average Bonchev–Trinajstić information content (AvgIpc) is 3.37. The first kappa shape index (κ1) is 29.7. The van der Waals surface area contributed by atoms with Crippen molar-refractivity contribution in [3.63, 3.8) is 0 Å². The summed E-state index contributed by atoms with van der Waals surface area (Å²) < 4.78 is 0. The Morgan fingerprint density at radius 3 is 1.23 bits per heavy atom. The molecule has 0 atom stereocenters. The molecule has 0 aliphatic carbocycles. The van der Waals surface area contributed by atoms with Gasteiger partial charge in [0.05, 0.1) is 0 Å². The SMILES string of the molecule is C[Si]1(C)c2ccccc2-c2ccc(N(c3ccccc3)c3ccc(Cc4ccc(N(c5ccccc5)c5ccccc5)cc4)cc3)cc21. The van der Waals surface area contributed by atoms with E-state index in [-0.39, 0.29) is 0 Å². The zero-order valence-corrected chi connectivity index (χ0v) is 28.4. The number of fused-ring (bicyclic) bond motifs is 3. The number of rotatable bonds is 8. The summed E-state index contributed by atoms with van der Waals surface area (Å²) in [5.41, 5.74) is 12.4. The first-order valence-corrected chi connectivity index (χ1v) is 19.7. The van der Waals surface area contributed by atoms with Crippen LogP contribution in [0.2, 0.25) is 13.1 Å². The Morgan fingerprint density at radius 1 is 0.354 bits per heavy atom. The number of hydrogen-bond donors (Lipinski definition) is 0. The predicted octanol–water partition coefficient (Wildman–Crippen LogP) is 11.0. The Labute approximate surface area is 285 Å². The molecule has 1 aliphatic rings. The normalized spacial score (nSPS) is 12.6. The van der Waals surface area contributed by atoms with Crippen molar-refractivity contribution in [2.24, 2.45) is 0 Å². The molecule has 2 nitrogen and oxygen atoms in total. The van der Waals surface area contributed by atoms with Crippen molar-refractivity contribution < 1.29 is 0 Å². The van der Waals surface area contributed by atoms with Gasteiger partial charge in [0, 0.05) is 34.1 Å². The molecule has 7 aromatic carbocycles. The van der Waals surface area contributed by atoms with Crippen LogP contribution in [-0.2, 0) is 6.42 Å². The van der Waals surface area contributed by atoms with Gasteiger partial charge in [0.25, 0.3) is 0 Å². The molecule has 48 heavy (non-hydrogen) atoms. The summed E-state index contributed by atoms with van der Waals surface area (Å²) >= 11 is 0. The molecule has 3 heteroatoms. The summed E-state index contributed by atoms with van der Waals surface area (Å²) in [5.74, 6) is 0. The van der Waals surface area contributed by atoms with Crippen molar-refractivity contribution in [3.8, 4) is 11.1 Å². The van der Waals surface area contributed by atoms with E-state index in [0.717, 1.165) is 34.9 Å². The largest absolute Gasteiger partial charge is 0.311 e. The minimum Gasteiger partial charge on any atom is -0.311 e. The van der Waals surface area contributed by atoms with Gasteiger partial charge in [0.2, 0.25) is 0 Å². The van der Waals surface area contributed by atoms with Crippen LogP contribution in [0.1, 0.15) is 11.1 Å². The van der Waals surface area contributed by atoms with Gasteiger partial charge in [-0.2, -0.15) is 0 Å². The maximum absolute atomic E-state index is 2.48. The lowest BCUT2D eigenvalue weighted by Gasteiger charge is -2.27. The molecule has 0 amide bonds. The first-order valence-electron chi connectivity index (χ1n) is 16.7. The Balaban J connectivity index is 1.07. The molecule has 0 N–H and O–H groups in total. The van der Waals surface area contributed by atoms with Gasteiger partial charge >= 0.3 is 0 Å². The van der Waals surface area contributed by atoms with Crippen LogP contribution in [0.3, 0.4) is 0 Å². The van der Waals surface area contributed by atoms with Gasteiger partial charge in [-0.25, -0.2) is 0 Å². The van der Waals surface area contributed by atoms with Gasteiger partial charge in [-0.3, -0.25) is 0 Å². The van der Waals surface area contributed by atoms with Gasteiger partial charge in [-0.05, 0) is 112 Å². The molecule has 0 unspecified atom stereocenters. The first-order chi connectivity index (χ1) is 23.6. The van der Waals surface area contributed by atoms with Gasteiger partial charge in [0.1, 0.15) is 8.07 Å². The molecule has 1 heterocycles. The molecule has 0 saturated carbocycles. The average molecular weight is 635 g/mol. The molecule has 0 spiro atoms. The van der Waals surface area contributed by atoms with E-state index in [9.17, 15) is 0 Å². The molecule has 232 valence electrons. The molecule has 0 saturated heterocycles. The topological polar surface area (TPSA) is 6.48 Å². The smallest absolute Gasteiger partial charge is 0.113 e. The van der Waals surface area contributed by atoms with E-state index in [1.54, 1.807) is 0 Å². The van der Waals surface area contributed by atoms with E-state index in [0.29, 0.717) is 0 Å². The molecular formula is C45H38N2Si. The fourth-order valence-electron chi connectivity index (χ4n) is 7.22. The summed E-state index contributed by atoms with van der Waals surface area (Å²) in [6, 6.07) is 66.0. The number of hydrogen-bond acceptors (Lipinski definition) is 2. The maximum atomic E-state index is 2.48. The molecule has 0 fully saturated rings. The third-order valence-electron chi connectivity index (χ3n) is 9.67. The lowest BCUT2D eigenvalue weighted by atomic mass is 10.0. The van der Waals surface area contributed by atoms with Crippen LogP contribution in [-0.4, -0.2) is 8.07 Å². The van der Waals surface area contributed by atoms with Crippen LogP contribution >= 0.6 is 0 Å². The third-order valence-corrected chi connectivity index (χ3v) is 13.2. The second kappa shape index (κ2) is 12.5. The summed E-state index contributed by atoms with van der Waals surface area (Å²) in [6.07, 6.45) is 0.874. The quantitative estimate of drug-likeness (QED) is 0.154. The lowest BCUT2D eigenvalue weighted by Crippen LogP contribution is -2.49. The highest BCUT2D eigenvalue weighted by Crippen LogP contribution is 2.38. The van der Waals surface area contributed by atoms with E-state index in [1.165, 1.54) is 38.3 Å². The number of para-hydroxylation sites is 3. The molecule has 0 aromatic heterocycles. The third kappa shape index (κ3) is 5.53. The second-order valence-electron chi connectivity index (χ2n) is 13.1. The van der Waals surface area contributed by atoms with Crippen molar-refractivity contribution in [3.05, 3.63) is 193 Å². The Morgan fingerprint density at radius 2 is 0.729 bits per heavy atom. The van der Waals surface area contributed by atoms with Crippen molar-refractivity contribution in [2.75, 3.05) is 9.80 Å². The standard InChI is InChI=1S/C45H38N2Si/c1-48(2)44-21-13-12-20-42(44)43-31-30-41(33-45(43)48)47(38-18-10-5-11-19-38)40-28-24-35(25-29-40)32-34-22-26-39(27-23-34)46(36-14-6-3-7-15-36)37-16-8-4-9-17-37/h3-31,33H,32H2,1-2H3. The Hall–Kier alpha value is -5.64. The van der Waals surface area contributed by atoms with Crippen molar-refractivity contribution in [1.82, 2.24) is 0 Å². The summed E-state index contributed by atoms with van der Waals surface area (Å²) in [4.78, 5) is 4.70. The number of benzene rings is 7. The Kier molecular flexibility index (Phi) is 7.76. The summed E-state index contributed by atoms with van der Waals surface area (Å²) in [6.45, 7) is 4.97. The molecule has 7 aromatic rings. The summed E-state index contributed by atoms with van der Waals surface area (Å²) in [7, 11) is -1.79. The van der Waals surface area contributed by atoms with Gasteiger partial charge < -0.3 is 9.80 Å². The van der Waals surface area contributed by atoms with Crippen LogP contribution in [0.4, 0.5) is 34.1 Å². The lowest BCUT2D eigenvalue weighted by molar-refractivity contribution is 1.18. The highest BCUT2D eigenvalue weighted by Gasteiger charge is 2.37. The summed E-state index contributed by atoms with van der Waals surface area (Å²) in [5, 5.41) is 3.05. The van der Waals surface area contributed by atoms with Gasteiger partial charge in [-0.15, -0.1) is 0 Å². The van der Waals surface area contributed by atoms with E-state index >= 15 is 0 Å². The molecule has 8 rings (SSSR count). The fourth-order valence-corrected chi connectivity index (χ4v) is 10.3. The van der Waals surface area contributed by atoms with Crippen LogP contribution < -0.4 is 20.2 Å². The van der Waals surface area contributed by atoms with Crippen LogP contribution in [0.5, 0.6) is 0 Å². The van der Waals surface area contributed by atoms with E-state index < -0.39 is 8.07 Å². The minimum atomic E-state index is -1.79. The predicted molar refractivity (Wildman–Crippen MR) is 207 cm³/mol. The van der Waals surface area contributed by atoms with Gasteiger partial charge in [0.15, 0.2) is 0 Å². The van der Waals surface area contributed by atoms with Crippen molar-refractivity contribution in [1.29, 1.82) is 0 Å². The van der Waals surface area contributed by atoms with Crippen LogP contribution in [0.15, 0.2) is 182 Å². The maximum Gasteiger partial charge on any atom is 0.113 e. The fraction of sp³-hybridized carbons (Fsp3) is 0.0667. The molecule has 0 bridgehead atoms. The second-order valence-corrected chi connectivity index (χ2v) is 17.4. The van der Waals surface area contributed by atoms with Crippen LogP contribution in [0.25, 0.3) is 11.1 Å². The molecule has 1 aliphatic heterocycles. The molecule has 0 radical (unpaired) electrons. The minimum absolute atomic E-state index is 0.874. The zero-order chi connectivity index (χ0) is 32.5. The zero-order valence-electron chi connectivity index (χ0n) is 27.4.